The molecule has 1 N–H and O–H groups in total. The quantitative estimate of drug-likeness (QED) is 0.812. The van der Waals surface area contributed by atoms with E-state index in [1.807, 2.05) is 49.1 Å². The Hall–Kier alpha value is -0.970. The van der Waals surface area contributed by atoms with Crippen molar-refractivity contribution in [3.63, 3.8) is 0 Å². The molecule has 5 heteroatoms. The van der Waals surface area contributed by atoms with E-state index in [0.29, 0.717) is 11.4 Å². The van der Waals surface area contributed by atoms with Gasteiger partial charge in [-0.3, -0.25) is 4.68 Å². The van der Waals surface area contributed by atoms with E-state index < -0.39 is 6.10 Å². The molecule has 1 aromatic carbocycles. The molecule has 2 aromatic rings. The molecular formula is C16H21ClN2OS. The van der Waals surface area contributed by atoms with Crippen molar-refractivity contribution >= 4 is 23.4 Å². The highest BCUT2D eigenvalue weighted by Gasteiger charge is 2.20. The van der Waals surface area contributed by atoms with Crippen LogP contribution >= 0.6 is 23.4 Å². The van der Waals surface area contributed by atoms with Gasteiger partial charge in [-0.1, -0.05) is 36.7 Å². The smallest absolute Gasteiger partial charge is 0.0856 e. The Labute approximate surface area is 135 Å². The first-order valence-electron chi connectivity index (χ1n) is 7.17. The molecular weight excluding hydrogens is 304 g/mol. The van der Waals surface area contributed by atoms with Crippen LogP contribution < -0.4 is 0 Å². The van der Waals surface area contributed by atoms with Crippen molar-refractivity contribution in [1.82, 2.24) is 9.78 Å². The second-order valence-corrected chi connectivity index (χ2v) is 6.06. The lowest BCUT2D eigenvalue weighted by atomic mass is 10.0. The van der Waals surface area contributed by atoms with Crippen LogP contribution in [-0.4, -0.2) is 21.1 Å². The van der Waals surface area contributed by atoms with Gasteiger partial charge in [0.15, 0.2) is 0 Å². The van der Waals surface area contributed by atoms with E-state index in [1.54, 1.807) is 11.8 Å². The van der Waals surface area contributed by atoms with Crippen LogP contribution in [0.1, 0.15) is 36.9 Å². The number of thioether (sulfide) groups is 1. The number of rotatable bonds is 6. The third-order valence-electron chi connectivity index (χ3n) is 3.58. The van der Waals surface area contributed by atoms with Gasteiger partial charge in [0.1, 0.15) is 0 Å². The van der Waals surface area contributed by atoms with Crippen LogP contribution in [-0.2, 0) is 19.4 Å². The third-order valence-corrected chi connectivity index (χ3v) is 4.83. The fourth-order valence-electron chi connectivity index (χ4n) is 2.45. The minimum absolute atomic E-state index is 0.483. The van der Waals surface area contributed by atoms with Gasteiger partial charge in [-0.05, 0) is 31.2 Å². The van der Waals surface area contributed by atoms with Gasteiger partial charge in [0.25, 0.3) is 0 Å². The Balaban J connectivity index is 2.31. The summed E-state index contributed by atoms with van der Waals surface area (Å²) in [5.74, 6) is 0. The van der Waals surface area contributed by atoms with Gasteiger partial charge in [0, 0.05) is 17.9 Å². The molecule has 1 heterocycles. The van der Waals surface area contributed by atoms with Crippen molar-refractivity contribution in [1.29, 1.82) is 0 Å². The summed E-state index contributed by atoms with van der Waals surface area (Å²) in [5.41, 5.74) is 2.77. The highest BCUT2D eigenvalue weighted by atomic mass is 35.5. The fraction of sp³-hybridized carbons (Fsp3) is 0.438. The average molecular weight is 325 g/mol. The monoisotopic (exact) mass is 324 g/mol. The summed E-state index contributed by atoms with van der Waals surface area (Å²) in [6.07, 6.45) is 2.73. The van der Waals surface area contributed by atoms with E-state index in [0.717, 1.165) is 34.8 Å². The minimum Gasteiger partial charge on any atom is -0.388 e. The van der Waals surface area contributed by atoms with Crippen LogP contribution in [0.5, 0.6) is 0 Å². The number of aryl methyl sites for hydroxylation is 2. The molecule has 0 radical (unpaired) electrons. The minimum atomic E-state index is -0.571. The second-order valence-electron chi connectivity index (χ2n) is 4.84. The van der Waals surface area contributed by atoms with E-state index in [1.165, 1.54) is 0 Å². The van der Waals surface area contributed by atoms with Gasteiger partial charge >= 0.3 is 0 Å². The van der Waals surface area contributed by atoms with Gasteiger partial charge in [-0.25, -0.2) is 0 Å². The van der Waals surface area contributed by atoms with Crippen molar-refractivity contribution in [2.45, 2.75) is 44.2 Å². The highest BCUT2D eigenvalue weighted by Crippen LogP contribution is 2.31. The molecule has 0 amide bonds. The number of nitrogens with zero attached hydrogens (tertiary/aromatic N) is 2. The maximum absolute atomic E-state index is 10.6. The van der Waals surface area contributed by atoms with Crippen molar-refractivity contribution in [3.05, 3.63) is 46.2 Å². The number of hydrogen-bond acceptors (Lipinski definition) is 3. The molecule has 114 valence electrons. The third kappa shape index (κ3) is 3.44. The van der Waals surface area contributed by atoms with Gasteiger partial charge in [-0.15, -0.1) is 11.8 Å². The Kier molecular flexibility index (Phi) is 5.73. The summed E-state index contributed by atoms with van der Waals surface area (Å²) in [6.45, 7) is 4.83. The molecule has 1 unspecified atom stereocenters. The van der Waals surface area contributed by atoms with E-state index in [4.69, 9.17) is 11.6 Å². The lowest BCUT2D eigenvalue weighted by molar-refractivity contribution is 0.172. The predicted octanol–water partition coefficient (Wildman–Crippen LogP) is 4.12. The topological polar surface area (TPSA) is 38.0 Å². The maximum atomic E-state index is 10.6. The molecule has 0 aliphatic carbocycles. The number of halogens is 1. The van der Waals surface area contributed by atoms with Gasteiger partial charge in [0.2, 0.25) is 0 Å². The number of aromatic nitrogens is 2. The van der Waals surface area contributed by atoms with Gasteiger partial charge in [0.05, 0.1) is 22.5 Å². The lowest BCUT2D eigenvalue weighted by Gasteiger charge is -2.15. The fourth-order valence-corrected chi connectivity index (χ4v) is 3.45. The first kappa shape index (κ1) is 16.4. The standard InChI is InChI=1S/C16H21ClN2OS/c1-4-12-16(17)13(19(5-2)18-12)10-14(20)11-8-6-7-9-15(11)21-3/h6-9,14,20H,4-5,10H2,1-3H3. The molecule has 0 aliphatic heterocycles. The molecule has 0 aliphatic rings. The molecule has 3 nitrogen and oxygen atoms in total. The summed E-state index contributed by atoms with van der Waals surface area (Å²) >= 11 is 8.06. The summed E-state index contributed by atoms with van der Waals surface area (Å²) in [6, 6.07) is 7.94. The Morgan fingerprint density at radius 3 is 2.67 bits per heavy atom. The first-order valence-corrected chi connectivity index (χ1v) is 8.77. The lowest BCUT2D eigenvalue weighted by Crippen LogP contribution is -2.09. The summed E-state index contributed by atoms with van der Waals surface area (Å²) < 4.78 is 1.89. The zero-order valence-corrected chi connectivity index (χ0v) is 14.2. The molecule has 0 spiro atoms. The Morgan fingerprint density at radius 2 is 2.05 bits per heavy atom. The SMILES string of the molecule is CCc1nn(CC)c(CC(O)c2ccccc2SC)c1Cl. The normalized spacial score (nSPS) is 12.6. The highest BCUT2D eigenvalue weighted by molar-refractivity contribution is 7.98. The average Bonchev–Trinajstić information content (AvgIpc) is 2.83. The molecule has 0 saturated carbocycles. The molecule has 0 fully saturated rings. The van der Waals surface area contributed by atoms with Crippen molar-refractivity contribution < 1.29 is 5.11 Å². The van der Waals surface area contributed by atoms with Crippen molar-refractivity contribution in [2.24, 2.45) is 0 Å². The van der Waals surface area contributed by atoms with Crippen molar-refractivity contribution in [3.8, 4) is 0 Å². The maximum Gasteiger partial charge on any atom is 0.0856 e. The molecule has 1 atom stereocenters. The van der Waals surface area contributed by atoms with E-state index in [2.05, 4.69) is 5.10 Å². The molecule has 1 aromatic heterocycles. The molecule has 0 bridgehead atoms. The number of benzene rings is 1. The molecule has 2 rings (SSSR count). The Morgan fingerprint density at radius 1 is 1.33 bits per heavy atom. The second kappa shape index (κ2) is 7.34. The zero-order chi connectivity index (χ0) is 15.4. The van der Waals surface area contributed by atoms with Crippen LogP contribution in [0.25, 0.3) is 0 Å². The van der Waals surface area contributed by atoms with Crippen LogP contribution in [0.3, 0.4) is 0 Å². The van der Waals surface area contributed by atoms with Crippen LogP contribution in [0, 0.1) is 0 Å². The summed E-state index contributed by atoms with van der Waals surface area (Å²) in [5, 5.41) is 15.8. The summed E-state index contributed by atoms with van der Waals surface area (Å²) in [4.78, 5) is 1.10. The number of aliphatic hydroxyl groups excluding tert-OH is 1. The van der Waals surface area contributed by atoms with E-state index in [-0.39, 0.29) is 0 Å². The van der Waals surface area contributed by atoms with Crippen LogP contribution in [0.2, 0.25) is 5.02 Å². The number of aliphatic hydroxyl groups is 1. The van der Waals surface area contributed by atoms with Gasteiger partial charge in [-0.2, -0.15) is 5.10 Å². The van der Waals surface area contributed by atoms with Crippen LogP contribution in [0.4, 0.5) is 0 Å². The predicted molar refractivity (Wildman–Crippen MR) is 89.2 cm³/mol. The van der Waals surface area contributed by atoms with E-state index in [9.17, 15) is 5.11 Å². The van der Waals surface area contributed by atoms with Crippen LogP contribution in [0.15, 0.2) is 29.2 Å². The summed E-state index contributed by atoms with van der Waals surface area (Å²) in [7, 11) is 0. The molecule has 0 saturated heterocycles. The molecule has 21 heavy (non-hydrogen) atoms. The van der Waals surface area contributed by atoms with Gasteiger partial charge < -0.3 is 5.11 Å². The van der Waals surface area contributed by atoms with Crippen molar-refractivity contribution in [2.75, 3.05) is 6.26 Å². The largest absolute Gasteiger partial charge is 0.388 e. The number of hydrogen-bond donors (Lipinski definition) is 1. The first-order chi connectivity index (χ1) is 10.1. The Bertz CT molecular complexity index is 612. The van der Waals surface area contributed by atoms with E-state index >= 15 is 0 Å². The zero-order valence-electron chi connectivity index (χ0n) is 12.6.